The standard InChI is InChI=1S/C9H16O3/c1-7(10)9(11-2)8-3-5-12-6-4-8/h8-9H,3-6H2,1-2H3. The summed E-state index contributed by atoms with van der Waals surface area (Å²) in [6.07, 6.45) is 1.67. The van der Waals surface area contributed by atoms with E-state index in [4.69, 9.17) is 9.47 Å². The molecule has 0 aromatic heterocycles. The van der Waals surface area contributed by atoms with Crippen molar-refractivity contribution in [2.75, 3.05) is 20.3 Å². The molecule has 0 amide bonds. The molecular formula is C9H16O3. The SMILES string of the molecule is COC(C(C)=O)C1CCOCC1. The minimum absolute atomic E-state index is 0.129. The molecule has 12 heavy (non-hydrogen) atoms. The van der Waals surface area contributed by atoms with E-state index in [9.17, 15) is 4.79 Å². The Kier molecular flexibility index (Phi) is 3.69. The van der Waals surface area contributed by atoms with Gasteiger partial charge in [0, 0.05) is 20.3 Å². The van der Waals surface area contributed by atoms with E-state index in [0.717, 1.165) is 26.1 Å². The van der Waals surface area contributed by atoms with Gasteiger partial charge in [-0.1, -0.05) is 0 Å². The second-order valence-electron chi connectivity index (χ2n) is 3.22. The van der Waals surface area contributed by atoms with Crippen molar-refractivity contribution in [2.24, 2.45) is 5.92 Å². The molecule has 1 unspecified atom stereocenters. The molecule has 1 fully saturated rings. The molecule has 1 aliphatic heterocycles. The first-order valence-electron chi connectivity index (χ1n) is 4.36. The molecule has 1 atom stereocenters. The summed E-state index contributed by atoms with van der Waals surface area (Å²) < 4.78 is 10.4. The summed E-state index contributed by atoms with van der Waals surface area (Å²) in [5, 5.41) is 0. The van der Waals surface area contributed by atoms with E-state index in [-0.39, 0.29) is 11.9 Å². The Labute approximate surface area is 73.0 Å². The molecule has 1 heterocycles. The van der Waals surface area contributed by atoms with Crippen LogP contribution in [0.25, 0.3) is 0 Å². The monoisotopic (exact) mass is 172 g/mol. The molecule has 70 valence electrons. The van der Waals surface area contributed by atoms with Crippen molar-refractivity contribution in [3.63, 3.8) is 0 Å². The van der Waals surface area contributed by atoms with Gasteiger partial charge in [0.1, 0.15) is 6.10 Å². The summed E-state index contributed by atoms with van der Waals surface area (Å²) in [6, 6.07) is 0. The van der Waals surface area contributed by atoms with E-state index in [1.165, 1.54) is 0 Å². The Balaban J connectivity index is 2.46. The van der Waals surface area contributed by atoms with Crippen molar-refractivity contribution in [3.05, 3.63) is 0 Å². The molecule has 1 rings (SSSR count). The largest absolute Gasteiger partial charge is 0.381 e. The number of rotatable bonds is 3. The Bertz CT molecular complexity index is 150. The fraction of sp³-hybridized carbons (Fsp3) is 0.889. The molecule has 1 aliphatic rings. The maximum absolute atomic E-state index is 11.1. The highest BCUT2D eigenvalue weighted by Crippen LogP contribution is 2.21. The first-order chi connectivity index (χ1) is 5.75. The van der Waals surface area contributed by atoms with Crippen molar-refractivity contribution in [1.29, 1.82) is 0 Å². The highest BCUT2D eigenvalue weighted by Gasteiger charge is 2.26. The van der Waals surface area contributed by atoms with Gasteiger partial charge in [-0.05, 0) is 25.7 Å². The van der Waals surface area contributed by atoms with Crippen LogP contribution in [0.15, 0.2) is 0 Å². The summed E-state index contributed by atoms with van der Waals surface area (Å²) in [6.45, 7) is 3.11. The third-order valence-corrected chi connectivity index (χ3v) is 2.35. The average Bonchev–Trinajstić information content (AvgIpc) is 2.07. The summed E-state index contributed by atoms with van der Waals surface area (Å²) in [7, 11) is 1.60. The van der Waals surface area contributed by atoms with Crippen molar-refractivity contribution in [1.82, 2.24) is 0 Å². The van der Waals surface area contributed by atoms with Gasteiger partial charge in [-0.3, -0.25) is 4.79 Å². The van der Waals surface area contributed by atoms with E-state index in [1.54, 1.807) is 14.0 Å². The first-order valence-corrected chi connectivity index (χ1v) is 4.36. The Hall–Kier alpha value is -0.410. The fourth-order valence-electron chi connectivity index (χ4n) is 1.71. The molecule has 3 nitrogen and oxygen atoms in total. The molecule has 1 saturated heterocycles. The van der Waals surface area contributed by atoms with E-state index in [1.807, 2.05) is 0 Å². The lowest BCUT2D eigenvalue weighted by molar-refractivity contribution is -0.132. The van der Waals surface area contributed by atoms with E-state index in [2.05, 4.69) is 0 Å². The zero-order valence-electron chi connectivity index (χ0n) is 7.71. The second-order valence-corrected chi connectivity index (χ2v) is 3.22. The van der Waals surface area contributed by atoms with Crippen LogP contribution in [0.4, 0.5) is 0 Å². The van der Waals surface area contributed by atoms with Gasteiger partial charge in [0.05, 0.1) is 0 Å². The van der Waals surface area contributed by atoms with E-state index < -0.39 is 0 Å². The third-order valence-electron chi connectivity index (χ3n) is 2.35. The van der Waals surface area contributed by atoms with Gasteiger partial charge in [0.2, 0.25) is 0 Å². The van der Waals surface area contributed by atoms with Crippen molar-refractivity contribution < 1.29 is 14.3 Å². The summed E-state index contributed by atoms with van der Waals surface area (Å²) >= 11 is 0. The highest BCUT2D eigenvalue weighted by atomic mass is 16.5. The van der Waals surface area contributed by atoms with Gasteiger partial charge >= 0.3 is 0 Å². The molecular weight excluding hydrogens is 156 g/mol. The van der Waals surface area contributed by atoms with Crippen molar-refractivity contribution in [2.45, 2.75) is 25.9 Å². The topological polar surface area (TPSA) is 35.5 Å². The molecule has 0 spiro atoms. The van der Waals surface area contributed by atoms with Gasteiger partial charge in [0.25, 0.3) is 0 Å². The summed E-state index contributed by atoms with van der Waals surface area (Å²) in [5.74, 6) is 0.491. The van der Waals surface area contributed by atoms with Gasteiger partial charge in [-0.25, -0.2) is 0 Å². The molecule has 0 aromatic carbocycles. The molecule has 0 saturated carbocycles. The lowest BCUT2D eigenvalue weighted by Crippen LogP contribution is -2.33. The summed E-state index contributed by atoms with van der Waals surface area (Å²) in [4.78, 5) is 11.1. The number of hydrogen-bond donors (Lipinski definition) is 0. The highest BCUT2D eigenvalue weighted by molar-refractivity contribution is 5.80. The maximum atomic E-state index is 11.1. The lowest BCUT2D eigenvalue weighted by Gasteiger charge is -2.27. The number of ether oxygens (including phenoxy) is 2. The molecule has 0 N–H and O–H groups in total. The van der Waals surface area contributed by atoms with Gasteiger partial charge in [-0.2, -0.15) is 0 Å². The average molecular weight is 172 g/mol. The van der Waals surface area contributed by atoms with E-state index in [0.29, 0.717) is 5.92 Å². The van der Waals surface area contributed by atoms with Gasteiger partial charge in [-0.15, -0.1) is 0 Å². The van der Waals surface area contributed by atoms with Crippen LogP contribution >= 0.6 is 0 Å². The van der Waals surface area contributed by atoms with Crippen LogP contribution in [0.3, 0.4) is 0 Å². The van der Waals surface area contributed by atoms with Crippen LogP contribution in [0, 0.1) is 5.92 Å². The maximum Gasteiger partial charge on any atom is 0.158 e. The Morgan fingerprint density at radius 1 is 1.50 bits per heavy atom. The normalized spacial score (nSPS) is 22.2. The number of Topliss-reactive ketones (excluding diaryl/α,β-unsaturated/α-hetero) is 1. The minimum atomic E-state index is -0.214. The number of ketones is 1. The molecule has 0 bridgehead atoms. The number of methoxy groups -OCH3 is 1. The van der Waals surface area contributed by atoms with Gasteiger partial charge in [0.15, 0.2) is 5.78 Å². The molecule has 3 heteroatoms. The quantitative estimate of drug-likeness (QED) is 0.637. The predicted molar refractivity (Wildman–Crippen MR) is 45.0 cm³/mol. The minimum Gasteiger partial charge on any atom is -0.381 e. The van der Waals surface area contributed by atoms with Crippen LogP contribution in [0.1, 0.15) is 19.8 Å². The Morgan fingerprint density at radius 3 is 2.50 bits per heavy atom. The lowest BCUT2D eigenvalue weighted by atomic mass is 9.92. The fourth-order valence-corrected chi connectivity index (χ4v) is 1.71. The summed E-state index contributed by atoms with van der Waals surface area (Å²) in [5.41, 5.74) is 0. The van der Waals surface area contributed by atoms with Crippen molar-refractivity contribution >= 4 is 5.78 Å². The molecule has 0 radical (unpaired) electrons. The van der Waals surface area contributed by atoms with Crippen molar-refractivity contribution in [3.8, 4) is 0 Å². The van der Waals surface area contributed by atoms with Crippen LogP contribution in [0.2, 0.25) is 0 Å². The van der Waals surface area contributed by atoms with E-state index >= 15 is 0 Å². The first kappa shape index (κ1) is 9.68. The molecule has 0 aromatic rings. The molecule has 0 aliphatic carbocycles. The predicted octanol–water partition coefficient (Wildman–Crippen LogP) is 1.02. The number of carbonyl (C=O) groups is 1. The van der Waals surface area contributed by atoms with Crippen LogP contribution < -0.4 is 0 Å². The smallest absolute Gasteiger partial charge is 0.158 e. The van der Waals surface area contributed by atoms with Gasteiger partial charge < -0.3 is 9.47 Å². The Morgan fingerprint density at radius 2 is 2.08 bits per heavy atom. The third kappa shape index (κ3) is 2.29. The number of hydrogen-bond acceptors (Lipinski definition) is 3. The van der Waals surface area contributed by atoms with Crippen LogP contribution in [-0.2, 0) is 14.3 Å². The zero-order chi connectivity index (χ0) is 8.97. The van der Waals surface area contributed by atoms with Crippen LogP contribution in [-0.4, -0.2) is 32.2 Å². The number of carbonyl (C=O) groups excluding carboxylic acids is 1. The second kappa shape index (κ2) is 4.58. The zero-order valence-corrected chi connectivity index (χ0v) is 7.71. The van der Waals surface area contributed by atoms with Crippen LogP contribution in [0.5, 0.6) is 0 Å².